The minimum atomic E-state index is -0.293. The molecule has 2 nitrogen and oxygen atoms in total. The summed E-state index contributed by atoms with van der Waals surface area (Å²) in [6.45, 7) is 4.59. The predicted molar refractivity (Wildman–Crippen MR) is 62.3 cm³/mol. The molecule has 0 spiro atoms. The number of hydrogen-bond acceptors (Lipinski definition) is 2. The van der Waals surface area contributed by atoms with Crippen LogP contribution < -0.4 is 0 Å². The second kappa shape index (κ2) is 4.97. The van der Waals surface area contributed by atoms with E-state index in [9.17, 15) is 5.11 Å². The highest BCUT2D eigenvalue weighted by Gasteiger charge is 2.22. The first-order valence-electron chi connectivity index (χ1n) is 4.90. The number of halogens is 1. The van der Waals surface area contributed by atoms with Gasteiger partial charge in [0.15, 0.2) is 0 Å². The number of methoxy groups -OCH3 is 1. The molecule has 15 heavy (non-hydrogen) atoms. The Morgan fingerprint density at radius 3 is 2.60 bits per heavy atom. The fourth-order valence-corrected chi connectivity index (χ4v) is 1.72. The van der Waals surface area contributed by atoms with Crippen molar-refractivity contribution in [3.63, 3.8) is 0 Å². The summed E-state index contributed by atoms with van der Waals surface area (Å²) < 4.78 is 5.12. The van der Waals surface area contributed by atoms with Gasteiger partial charge in [-0.1, -0.05) is 31.5 Å². The van der Waals surface area contributed by atoms with Crippen molar-refractivity contribution in [3.05, 3.63) is 34.3 Å². The van der Waals surface area contributed by atoms with Crippen LogP contribution in [0.2, 0.25) is 5.02 Å². The third-order valence-electron chi connectivity index (χ3n) is 2.50. The highest BCUT2D eigenvalue weighted by Crippen LogP contribution is 2.29. The molecule has 0 fully saturated rings. The molecule has 0 heterocycles. The molecule has 84 valence electrons. The van der Waals surface area contributed by atoms with Crippen molar-refractivity contribution in [2.45, 2.75) is 25.9 Å². The SMILES string of the molecule is COCc1ccc(Cl)cc1C(C)(C)CO. The first-order chi connectivity index (χ1) is 7.01. The molecular weight excluding hydrogens is 212 g/mol. The van der Waals surface area contributed by atoms with E-state index in [0.717, 1.165) is 11.1 Å². The Balaban J connectivity index is 3.17. The van der Waals surface area contributed by atoms with E-state index in [1.165, 1.54) is 0 Å². The molecule has 0 aliphatic heterocycles. The highest BCUT2D eigenvalue weighted by molar-refractivity contribution is 6.30. The van der Waals surface area contributed by atoms with E-state index in [-0.39, 0.29) is 12.0 Å². The predicted octanol–water partition coefficient (Wildman–Crippen LogP) is 2.76. The molecule has 0 saturated carbocycles. The smallest absolute Gasteiger partial charge is 0.0715 e. The Kier molecular flexibility index (Phi) is 4.14. The maximum absolute atomic E-state index is 9.35. The minimum absolute atomic E-state index is 0.0874. The van der Waals surface area contributed by atoms with Crippen molar-refractivity contribution in [1.82, 2.24) is 0 Å². The van der Waals surface area contributed by atoms with Crippen LogP contribution in [0, 0.1) is 0 Å². The molecular formula is C12H17ClO2. The quantitative estimate of drug-likeness (QED) is 0.859. The molecule has 0 amide bonds. The van der Waals surface area contributed by atoms with E-state index in [4.69, 9.17) is 16.3 Å². The number of hydrogen-bond donors (Lipinski definition) is 1. The average molecular weight is 229 g/mol. The number of aliphatic hydroxyl groups excluding tert-OH is 1. The summed E-state index contributed by atoms with van der Waals surface area (Å²) in [5.74, 6) is 0. The van der Waals surface area contributed by atoms with E-state index >= 15 is 0 Å². The topological polar surface area (TPSA) is 29.5 Å². The van der Waals surface area contributed by atoms with Gasteiger partial charge in [-0.05, 0) is 23.3 Å². The van der Waals surface area contributed by atoms with Gasteiger partial charge in [-0.25, -0.2) is 0 Å². The van der Waals surface area contributed by atoms with Crippen molar-refractivity contribution in [3.8, 4) is 0 Å². The second-order valence-electron chi connectivity index (χ2n) is 4.28. The van der Waals surface area contributed by atoms with Gasteiger partial charge in [-0.15, -0.1) is 0 Å². The van der Waals surface area contributed by atoms with E-state index < -0.39 is 0 Å². The molecule has 1 aromatic carbocycles. The van der Waals surface area contributed by atoms with Crippen molar-refractivity contribution >= 4 is 11.6 Å². The Bertz CT molecular complexity index is 334. The lowest BCUT2D eigenvalue weighted by Gasteiger charge is -2.25. The highest BCUT2D eigenvalue weighted by atomic mass is 35.5. The monoisotopic (exact) mass is 228 g/mol. The van der Waals surface area contributed by atoms with E-state index in [1.807, 2.05) is 32.0 Å². The summed E-state index contributed by atoms with van der Waals surface area (Å²) in [5, 5.41) is 10.0. The van der Waals surface area contributed by atoms with Crippen LogP contribution in [0.4, 0.5) is 0 Å². The standard InChI is InChI=1S/C12H17ClO2/c1-12(2,8-14)11-6-10(13)5-4-9(11)7-15-3/h4-6,14H,7-8H2,1-3H3. The molecule has 1 aromatic rings. The van der Waals surface area contributed by atoms with Crippen molar-refractivity contribution in [2.75, 3.05) is 13.7 Å². The van der Waals surface area contributed by atoms with Crippen LogP contribution in [0.5, 0.6) is 0 Å². The normalized spacial score (nSPS) is 11.8. The molecule has 0 atom stereocenters. The average Bonchev–Trinajstić information content (AvgIpc) is 2.21. The summed E-state index contributed by atoms with van der Waals surface area (Å²) in [4.78, 5) is 0. The zero-order chi connectivity index (χ0) is 11.5. The molecule has 0 aliphatic carbocycles. The maximum Gasteiger partial charge on any atom is 0.0715 e. The van der Waals surface area contributed by atoms with E-state index in [0.29, 0.717) is 11.6 Å². The molecule has 1 N–H and O–H groups in total. The Labute approximate surface area is 95.8 Å². The molecule has 1 rings (SSSR count). The van der Waals surface area contributed by atoms with Crippen LogP contribution in [0.25, 0.3) is 0 Å². The molecule has 0 unspecified atom stereocenters. The maximum atomic E-state index is 9.35. The lowest BCUT2D eigenvalue weighted by molar-refractivity contribution is 0.178. The molecule has 0 aromatic heterocycles. The van der Waals surface area contributed by atoms with E-state index in [2.05, 4.69) is 0 Å². The Morgan fingerprint density at radius 2 is 2.07 bits per heavy atom. The van der Waals surface area contributed by atoms with E-state index in [1.54, 1.807) is 7.11 Å². The number of ether oxygens (including phenoxy) is 1. The fraction of sp³-hybridized carbons (Fsp3) is 0.500. The van der Waals surface area contributed by atoms with Gasteiger partial charge in [-0.2, -0.15) is 0 Å². The van der Waals surface area contributed by atoms with Gasteiger partial charge in [0.2, 0.25) is 0 Å². The fourth-order valence-electron chi connectivity index (χ4n) is 1.55. The van der Waals surface area contributed by atoms with Crippen LogP contribution in [-0.2, 0) is 16.8 Å². The molecule has 0 radical (unpaired) electrons. The largest absolute Gasteiger partial charge is 0.395 e. The van der Waals surface area contributed by atoms with Crippen LogP contribution in [0.3, 0.4) is 0 Å². The zero-order valence-electron chi connectivity index (χ0n) is 9.38. The van der Waals surface area contributed by atoms with Gasteiger partial charge in [0, 0.05) is 17.5 Å². The summed E-state index contributed by atoms with van der Waals surface area (Å²) in [7, 11) is 1.66. The minimum Gasteiger partial charge on any atom is -0.395 e. The second-order valence-corrected chi connectivity index (χ2v) is 4.71. The van der Waals surface area contributed by atoms with Crippen LogP contribution in [0.1, 0.15) is 25.0 Å². The van der Waals surface area contributed by atoms with Gasteiger partial charge in [0.25, 0.3) is 0 Å². The van der Waals surface area contributed by atoms with Gasteiger partial charge in [-0.3, -0.25) is 0 Å². The molecule has 0 bridgehead atoms. The van der Waals surface area contributed by atoms with Gasteiger partial charge in [0.05, 0.1) is 13.2 Å². The molecule has 3 heteroatoms. The van der Waals surface area contributed by atoms with Crippen LogP contribution in [0.15, 0.2) is 18.2 Å². The van der Waals surface area contributed by atoms with Crippen molar-refractivity contribution in [2.24, 2.45) is 0 Å². The summed E-state index contributed by atoms with van der Waals surface area (Å²) in [6.07, 6.45) is 0. The zero-order valence-corrected chi connectivity index (χ0v) is 10.1. The lowest BCUT2D eigenvalue weighted by atomic mass is 9.83. The molecule has 0 saturated heterocycles. The lowest BCUT2D eigenvalue weighted by Crippen LogP contribution is -2.24. The first-order valence-corrected chi connectivity index (χ1v) is 5.28. The number of benzene rings is 1. The van der Waals surface area contributed by atoms with Gasteiger partial charge >= 0.3 is 0 Å². The van der Waals surface area contributed by atoms with Crippen molar-refractivity contribution in [1.29, 1.82) is 0 Å². The van der Waals surface area contributed by atoms with Crippen LogP contribution in [-0.4, -0.2) is 18.8 Å². The van der Waals surface area contributed by atoms with Gasteiger partial charge < -0.3 is 9.84 Å². The van der Waals surface area contributed by atoms with Crippen molar-refractivity contribution < 1.29 is 9.84 Å². The Hall–Kier alpha value is -0.570. The molecule has 0 aliphatic rings. The third-order valence-corrected chi connectivity index (χ3v) is 2.73. The summed E-state index contributed by atoms with van der Waals surface area (Å²) >= 11 is 5.96. The Morgan fingerprint density at radius 1 is 1.40 bits per heavy atom. The third kappa shape index (κ3) is 2.94. The summed E-state index contributed by atoms with van der Waals surface area (Å²) in [6, 6.07) is 5.68. The number of aliphatic hydroxyl groups is 1. The van der Waals surface area contributed by atoms with Crippen LogP contribution >= 0.6 is 11.6 Å². The first kappa shape index (κ1) is 12.5. The summed E-state index contributed by atoms with van der Waals surface area (Å²) in [5.41, 5.74) is 1.82. The number of rotatable bonds is 4. The van der Waals surface area contributed by atoms with Gasteiger partial charge in [0.1, 0.15) is 0 Å².